The van der Waals surface area contributed by atoms with E-state index in [0.29, 0.717) is 12.5 Å². The van der Waals surface area contributed by atoms with Crippen molar-refractivity contribution in [3.05, 3.63) is 20.8 Å². The first kappa shape index (κ1) is 16.0. The number of aryl methyl sites for hydroxylation is 1. The highest BCUT2D eigenvalue weighted by Crippen LogP contribution is 2.21. The molecule has 2 rings (SSSR count). The van der Waals surface area contributed by atoms with Crippen molar-refractivity contribution in [1.82, 2.24) is 10.2 Å². The van der Waals surface area contributed by atoms with Crippen molar-refractivity contribution in [2.45, 2.75) is 25.3 Å². The van der Waals surface area contributed by atoms with E-state index in [1.807, 2.05) is 11.9 Å². The smallest absolute Gasteiger partial charge is 0.222 e. The van der Waals surface area contributed by atoms with E-state index in [-0.39, 0.29) is 18.3 Å². The van der Waals surface area contributed by atoms with Gasteiger partial charge in [0.2, 0.25) is 5.91 Å². The molecule has 1 amide bonds. The molecule has 1 atom stereocenters. The first-order valence-corrected chi connectivity index (χ1v) is 7.53. The third-order valence-corrected chi connectivity index (χ3v) is 4.94. The summed E-state index contributed by atoms with van der Waals surface area (Å²) in [7, 11) is 1.92. The molecule has 0 aliphatic carbocycles. The van der Waals surface area contributed by atoms with E-state index in [1.54, 1.807) is 11.3 Å². The lowest BCUT2D eigenvalue weighted by atomic mass is 10.2. The summed E-state index contributed by atoms with van der Waals surface area (Å²) in [4.78, 5) is 15.2. The second-order valence-corrected chi connectivity index (χ2v) is 6.29. The van der Waals surface area contributed by atoms with Crippen molar-refractivity contribution in [2.75, 3.05) is 20.1 Å². The molecule has 0 aromatic carbocycles. The Morgan fingerprint density at radius 2 is 2.44 bits per heavy atom. The van der Waals surface area contributed by atoms with E-state index in [4.69, 9.17) is 0 Å². The maximum atomic E-state index is 12.0. The van der Waals surface area contributed by atoms with Crippen LogP contribution in [-0.4, -0.2) is 37.0 Å². The van der Waals surface area contributed by atoms with Crippen LogP contribution in [0.5, 0.6) is 0 Å². The SMILES string of the molecule is CN(C(=O)CCc1cc(Br)cs1)C1CCNC1.Cl. The molecule has 0 bridgehead atoms. The molecule has 1 aliphatic rings. The van der Waals surface area contributed by atoms with Crippen molar-refractivity contribution in [3.8, 4) is 0 Å². The predicted molar refractivity (Wildman–Crippen MR) is 81.6 cm³/mol. The van der Waals surface area contributed by atoms with E-state index in [0.717, 1.165) is 30.4 Å². The number of thiophene rings is 1. The Kier molecular flexibility index (Phi) is 6.63. The molecule has 0 saturated carbocycles. The highest BCUT2D eigenvalue weighted by Gasteiger charge is 2.22. The van der Waals surface area contributed by atoms with Crippen LogP contribution in [0.15, 0.2) is 15.9 Å². The van der Waals surface area contributed by atoms with Gasteiger partial charge in [-0.2, -0.15) is 0 Å². The third kappa shape index (κ3) is 4.23. The highest BCUT2D eigenvalue weighted by molar-refractivity contribution is 9.10. The average molecular weight is 354 g/mol. The van der Waals surface area contributed by atoms with E-state index >= 15 is 0 Å². The summed E-state index contributed by atoms with van der Waals surface area (Å²) in [6, 6.07) is 2.48. The maximum absolute atomic E-state index is 12.0. The van der Waals surface area contributed by atoms with Crippen molar-refractivity contribution in [2.24, 2.45) is 0 Å². The van der Waals surface area contributed by atoms with Crippen LogP contribution in [0.25, 0.3) is 0 Å². The number of hydrogen-bond donors (Lipinski definition) is 1. The van der Waals surface area contributed by atoms with Crippen molar-refractivity contribution < 1.29 is 4.79 Å². The van der Waals surface area contributed by atoms with Gasteiger partial charge in [0.15, 0.2) is 0 Å². The van der Waals surface area contributed by atoms with Gasteiger partial charge in [0.1, 0.15) is 0 Å². The van der Waals surface area contributed by atoms with Crippen LogP contribution in [0.4, 0.5) is 0 Å². The Morgan fingerprint density at radius 3 is 3.00 bits per heavy atom. The van der Waals surface area contributed by atoms with Gasteiger partial charge in [0.25, 0.3) is 0 Å². The molecule has 0 radical (unpaired) electrons. The third-order valence-electron chi connectivity index (χ3n) is 3.18. The Balaban J connectivity index is 0.00000162. The lowest BCUT2D eigenvalue weighted by Gasteiger charge is -2.23. The standard InChI is InChI=1S/C12H17BrN2OS.ClH/c1-15(10-4-5-14-7-10)12(16)3-2-11-6-9(13)8-17-11;/h6,8,10,14H,2-5,7H2,1H3;1H. The molecule has 1 fully saturated rings. The van der Waals surface area contributed by atoms with Gasteiger partial charge in [0, 0.05) is 40.8 Å². The molecule has 102 valence electrons. The van der Waals surface area contributed by atoms with Crippen LogP contribution in [0.2, 0.25) is 0 Å². The van der Waals surface area contributed by atoms with Crippen molar-refractivity contribution in [3.63, 3.8) is 0 Å². The topological polar surface area (TPSA) is 32.3 Å². The molecule has 1 aliphatic heterocycles. The predicted octanol–water partition coefficient (Wildman–Crippen LogP) is 2.69. The van der Waals surface area contributed by atoms with Gasteiger partial charge in [-0.3, -0.25) is 4.79 Å². The molecule has 1 saturated heterocycles. The fourth-order valence-electron chi connectivity index (χ4n) is 2.07. The van der Waals surface area contributed by atoms with Crippen LogP contribution in [-0.2, 0) is 11.2 Å². The summed E-state index contributed by atoms with van der Waals surface area (Å²) < 4.78 is 1.11. The van der Waals surface area contributed by atoms with Crippen LogP contribution in [0.1, 0.15) is 17.7 Å². The van der Waals surface area contributed by atoms with Gasteiger partial charge in [-0.25, -0.2) is 0 Å². The molecule has 6 heteroatoms. The minimum absolute atomic E-state index is 0. The number of amides is 1. The van der Waals surface area contributed by atoms with Crippen molar-refractivity contribution in [1.29, 1.82) is 0 Å². The van der Waals surface area contributed by atoms with Crippen LogP contribution < -0.4 is 5.32 Å². The lowest BCUT2D eigenvalue weighted by Crippen LogP contribution is -2.38. The molecule has 3 nitrogen and oxygen atoms in total. The number of halogens is 2. The van der Waals surface area contributed by atoms with Crippen LogP contribution in [0, 0.1) is 0 Å². The van der Waals surface area contributed by atoms with E-state index in [9.17, 15) is 4.79 Å². The molecule has 18 heavy (non-hydrogen) atoms. The van der Waals surface area contributed by atoms with E-state index in [1.165, 1.54) is 4.88 Å². The van der Waals surface area contributed by atoms with Gasteiger partial charge < -0.3 is 10.2 Å². The Labute approximate surface area is 126 Å². The molecular weight excluding hydrogens is 336 g/mol. The fraction of sp³-hybridized carbons (Fsp3) is 0.583. The average Bonchev–Trinajstić information content (AvgIpc) is 2.95. The molecule has 0 spiro atoms. The van der Waals surface area contributed by atoms with Crippen LogP contribution >= 0.6 is 39.7 Å². The zero-order valence-electron chi connectivity index (χ0n) is 10.3. The minimum Gasteiger partial charge on any atom is -0.341 e. The van der Waals surface area contributed by atoms with Gasteiger partial charge in [-0.1, -0.05) is 0 Å². The van der Waals surface area contributed by atoms with E-state index < -0.39 is 0 Å². The number of hydrogen-bond acceptors (Lipinski definition) is 3. The normalized spacial score (nSPS) is 18.4. The largest absolute Gasteiger partial charge is 0.341 e. The zero-order chi connectivity index (χ0) is 12.3. The summed E-state index contributed by atoms with van der Waals surface area (Å²) in [5.74, 6) is 0.253. The van der Waals surface area contributed by atoms with E-state index in [2.05, 4.69) is 32.7 Å². The van der Waals surface area contributed by atoms with Crippen molar-refractivity contribution >= 4 is 45.6 Å². The number of carbonyl (C=O) groups is 1. The molecular formula is C12H18BrClN2OS. The number of rotatable bonds is 4. The monoisotopic (exact) mass is 352 g/mol. The summed E-state index contributed by atoms with van der Waals surface area (Å²) >= 11 is 5.13. The second kappa shape index (κ2) is 7.48. The molecule has 2 heterocycles. The Morgan fingerprint density at radius 1 is 1.67 bits per heavy atom. The molecule has 1 aromatic heterocycles. The summed E-state index contributed by atoms with van der Waals surface area (Å²) in [5.41, 5.74) is 0. The number of nitrogens with one attached hydrogen (secondary N) is 1. The number of carbonyl (C=O) groups excluding carboxylic acids is 1. The van der Waals surface area contributed by atoms with Gasteiger partial charge in [0.05, 0.1) is 0 Å². The quantitative estimate of drug-likeness (QED) is 0.902. The second-order valence-electron chi connectivity index (χ2n) is 4.38. The molecule has 1 unspecified atom stereocenters. The lowest BCUT2D eigenvalue weighted by molar-refractivity contribution is -0.131. The number of likely N-dealkylation sites (N-methyl/N-ethyl adjacent to an activating group) is 1. The first-order chi connectivity index (χ1) is 8.16. The fourth-order valence-corrected chi connectivity index (χ4v) is 3.52. The zero-order valence-corrected chi connectivity index (χ0v) is 13.5. The van der Waals surface area contributed by atoms with Gasteiger partial charge >= 0.3 is 0 Å². The van der Waals surface area contributed by atoms with Gasteiger partial charge in [-0.05, 0) is 41.4 Å². The molecule has 1 N–H and O–H groups in total. The Hall–Kier alpha value is -0.100. The summed E-state index contributed by atoms with van der Waals surface area (Å²) in [5, 5.41) is 5.35. The van der Waals surface area contributed by atoms with Gasteiger partial charge in [-0.15, -0.1) is 23.7 Å². The molecule has 1 aromatic rings. The minimum atomic E-state index is 0. The summed E-state index contributed by atoms with van der Waals surface area (Å²) in [6.07, 6.45) is 2.53. The first-order valence-electron chi connectivity index (χ1n) is 5.86. The maximum Gasteiger partial charge on any atom is 0.222 e. The Bertz CT molecular complexity index is 393. The van der Waals surface area contributed by atoms with Crippen LogP contribution in [0.3, 0.4) is 0 Å². The number of nitrogens with zero attached hydrogens (tertiary/aromatic N) is 1. The summed E-state index contributed by atoms with van der Waals surface area (Å²) in [6.45, 7) is 1.97. The highest BCUT2D eigenvalue weighted by atomic mass is 79.9.